The number of hydrogen-bond donors (Lipinski definition) is 2. The molecule has 30 heavy (non-hydrogen) atoms. The zero-order chi connectivity index (χ0) is 21.1. The van der Waals surface area contributed by atoms with Gasteiger partial charge in [0.05, 0.1) is 38.9 Å². The van der Waals surface area contributed by atoms with E-state index in [1.54, 1.807) is 14.2 Å². The van der Waals surface area contributed by atoms with Gasteiger partial charge in [0.25, 0.3) is 0 Å². The first-order valence-corrected chi connectivity index (χ1v) is 10.8. The Labute approximate surface area is 176 Å². The largest absolute Gasteiger partial charge is 0.497 e. The second-order valence-corrected chi connectivity index (χ2v) is 8.30. The normalized spacial score (nSPS) is 23.3. The molecule has 1 aromatic carbocycles. The Bertz CT molecular complexity index is 871. The minimum absolute atomic E-state index is 0.0574. The molecule has 162 valence electrons. The minimum Gasteiger partial charge on any atom is -0.497 e. The first-order valence-electron chi connectivity index (χ1n) is 10.8. The summed E-state index contributed by atoms with van der Waals surface area (Å²) in [5, 5.41) is 12.9. The van der Waals surface area contributed by atoms with Gasteiger partial charge in [-0.1, -0.05) is 12.8 Å². The number of quaternary nitrogens is 1. The first kappa shape index (κ1) is 20.6. The number of aromatic nitrogens is 4. The molecule has 1 saturated heterocycles. The summed E-state index contributed by atoms with van der Waals surface area (Å²) in [6, 6.07) is 6.15. The molecule has 1 aliphatic heterocycles. The SMILES string of the molecule is COc1ccc([C@H](c2nnnn2C2CCCC2)[NH+]2CCC(C(N)=O)CC2)c(OC)c1. The van der Waals surface area contributed by atoms with Crippen molar-refractivity contribution in [2.75, 3.05) is 27.3 Å². The molecule has 3 N–H and O–H groups in total. The molecule has 1 saturated carbocycles. The molecule has 0 radical (unpaired) electrons. The molecule has 1 aromatic heterocycles. The van der Waals surface area contributed by atoms with Gasteiger partial charge in [-0.05, 0) is 35.4 Å². The molecule has 1 aliphatic carbocycles. The van der Waals surface area contributed by atoms with Crippen molar-refractivity contribution in [2.24, 2.45) is 11.7 Å². The second kappa shape index (κ2) is 8.99. The number of rotatable bonds is 7. The van der Waals surface area contributed by atoms with Gasteiger partial charge in [-0.3, -0.25) is 4.79 Å². The van der Waals surface area contributed by atoms with Crippen molar-refractivity contribution < 1.29 is 19.2 Å². The van der Waals surface area contributed by atoms with E-state index in [4.69, 9.17) is 15.2 Å². The number of piperidine rings is 1. The van der Waals surface area contributed by atoms with Crippen LogP contribution in [0.1, 0.15) is 62.0 Å². The monoisotopic (exact) mass is 415 g/mol. The van der Waals surface area contributed by atoms with Crippen LogP contribution in [0.2, 0.25) is 0 Å². The maximum absolute atomic E-state index is 11.7. The van der Waals surface area contributed by atoms with E-state index >= 15 is 0 Å². The highest BCUT2D eigenvalue weighted by molar-refractivity contribution is 5.76. The number of nitrogens with one attached hydrogen (secondary N) is 1. The van der Waals surface area contributed by atoms with E-state index in [2.05, 4.69) is 15.5 Å². The molecule has 0 unspecified atom stereocenters. The van der Waals surface area contributed by atoms with Crippen LogP contribution in [-0.2, 0) is 4.79 Å². The molecule has 0 bridgehead atoms. The van der Waals surface area contributed by atoms with Gasteiger partial charge in [-0.25, -0.2) is 4.68 Å². The van der Waals surface area contributed by atoms with Gasteiger partial charge >= 0.3 is 0 Å². The van der Waals surface area contributed by atoms with Gasteiger partial charge < -0.3 is 20.1 Å². The lowest BCUT2D eigenvalue weighted by molar-refractivity contribution is -0.931. The molecule has 4 rings (SSSR count). The molecule has 1 atom stereocenters. The van der Waals surface area contributed by atoms with Crippen LogP contribution in [0.25, 0.3) is 0 Å². The Morgan fingerprint density at radius 1 is 1.17 bits per heavy atom. The van der Waals surface area contributed by atoms with Gasteiger partial charge in [-0.2, -0.15) is 0 Å². The van der Waals surface area contributed by atoms with Crippen molar-refractivity contribution in [3.8, 4) is 11.5 Å². The van der Waals surface area contributed by atoms with E-state index in [1.165, 1.54) is 17.7 Å². The molecule has 2 aliphatic rings. The number of hydrogen-bond acceptors (Lipinski definition) is 6. The Kier molecular flexibility index (Phi) is 6.17. The van der Waals surface area contributed by atoms with Gasteiger partial charge in [0.1, 0.15) is 11.5 Å². The highest BCUT2D eigenvalue weighted by Crippen LogP contribution is 2.35. The number of amides is 1. The molecule has 9 heteroatoms. The molecule has 9 nitrogen and oxygen atoms in total. The van der Waals surface area contributed by atoms with Crippen LogP contribution in [0.3, 0.4) is 0 Å². The average molecular weight is 416 g/mol. The predicted molar refractivity (Wildman–Crippen MR) is 109 cm³/mol. The van der Waals surface area contributed by atoms with Crippen molar-refractivity contribution in [2.45, 2.75) is 50.6 Å². The summed E-state index contributed by atoms with van der Waals surface area (Å²) in [5.41, 5.74) is 6.59. The number of methoxy groups -OCH3 is 2. The van der Waals surface area contributed by atoms with Crippen LogP contribution in [0.15, 0.2) is 18.2 Å². The number of nitrogens with zero attached hydrogens (tertiary/aromatic N) is 4. The van der Waals surface area contributed by atoms with E-state index in [-0.39, 0.29) is 17.9 Å². The van der Waals surface area contributed by atoms with Crippen molar-refractivity contribution in [1.82, 2.24) is 20.2 Å². The van der Waals surface area contributed by atoms with Gasteiger partial charge in [0.2, 0.25) is 11.7 Å². The summed E-state index contributed by atoms with van der Waals surface area (Å²) in [4.78, 5) is 13.0. The Hall–Kier alpha value is -2.68. The summed E-state index contributed by atoms with van der Waals surface area (Å²) < 4.78 is 13.1. The number of likely N-dealkylation sites (tertiary alicyclic amines) is 1. The van der Waals surface area contributed by atoms with Crippen LogP contribution in [0.5, 0.6) is 11.5 Å². The van der Waals surface area contributed by atoms with Crippen LogP contribution in [0.4, 0.5) is 0 Å². The Morgan fingerprint density at radius 2 is 1.90 bits per heavy atom. The highest BCUT2D eigenvalue weighted by Gasteiger charge is 2.39. The summed E-state index contributed by atoms with van der Waals surface area (Å²) in [5.74, 6) is 2.09. The number of nitrogens with two attached hydrogens (primary N) is 1. The highest BCUT2D eigenvalue weighted by atomic mass is 16.5. The molecule has 0 spiro atoms. The number of tetrazole rings is 1. The smallest absolute Gasteiger partial charge is 0.220 e. The maximum Gasteiger partial charge on any atom is 0.220 e. The number of primary amides is 1. The van der Waals surface area contributed by atoms with E-state index in [0.29, 0.717) is 6.04 Å². The van der Waals surface area contributed by atoms with Crippen LogP contribution >= 0.6 is 0 Å². The number of ether oxygens (including phenoxy) is 2. The third-order valence-electron chi connectivity index (χ3n) is 6.64. The Balaban J connectivity index is 1.73. The molecule has 2 aromatic rings. The summed E-state index contributed by atoms with van der Waals surface area (Å²) in [7, 11) is 3.32. The third-order valence-corrected chi connectivity index (χ3v) is 6.64. The standard InChI is InChI=1S/C21H30N6O3/c1-29-16-7-8-17(18(13-16)30-2)19(26-11-9-14(10-12-26)20(22)28)21-23-24-25-27(21)15-5-3-4-6-15/h7-8,13-15,19H,3-6,9-12H2,1-2H3,(H2,22,28)/p+1/t19-/m1/s1. The van der Waals surface area contributed by atoms with Crippen LogP contribution in [0, 0.1) is 5.92 Å². The number of benzene rings is 1. The fourth-order valence-corrected chi connectivity index (χ4v) is 4.96. The first-order chi connectivity index (χ1) is 14.6. The van der Waals surface area contributed by atoms with Gasteiger partial charge in [0, 0.05) is 24.8 Å². The van der Waals surface area contributed by atoms with E-state index in [1.807, 2.05) is 22.9 Å². The van der Waals surface area contributed by atoms with E-state index < -0.39 is 0 Å². The van der Waals surface area contributed by atoms with Gasteiger partial charge in [-0.15, -0.1) is 5.10 Å². The van der Waals surface area contributed by atoms with Crippen LogP contribution in [-0.4, -0.2) is 53.4 Å². The van der Waals surface area contributed by atoms with E-state index in [9.17, 15) is 4.79 Å². The lowest BCUT2D eigenvalue weighted by Crippen LogP contribution is -3.13. The second-order valence-electron chi connectivity index (χ2n) is 8.30. The van der Waals surface area contributed by atoms with Crippen molar-refractivity contribution in [1.29, 1.82) is 0 Å². The third kappa shape index (κ3) is 3.98. The van der Waals surface area contributed by atoms with Crippen molar-refractivity contribution >= 4 is 5.91 Å². The number of carbonyl (C=O) groups excluding carboxylic acids is 1. The molecule has 2 fully saturated rings. The maximum atomic E-state index is 11.7. The zero-order valence-electron chi connectivity index (χ0n) is 17.7. The predicted octanol–water partition coefficient (Wildman–Crippen LogP) is 0.675. The summed E-state index contributed by atoms with van der Waals surface area (Å²) in [6.07, 6.45) is 6.15. The van der Waals surface area contributed by atoms with Gasteiger partial charge in [0.15, 0.2) is 6.04 Å². The average Bonchev–Trinajstić information content (AvgIpc) is 3.46. The zero-order valence-corrected chi connectivity index (χ0v) is 17.7. The van der Waals surface area contributed by atoms with Crippen molar-refractivity contribution in [3.63, 3.8) is 0 Å². The Morgan fingerprint density at radius 3 is 2.53 bits per heavy atom. The van der Waals surface area contributed by atoms with E-state index in [0.717, 1.165) is 61.7 Å². The fourth-order valence-electron chi connectivity index (χ4n) is 4.96. The summed E-state index contributed by atoms with van der Waals surface area (Å²) >= 11 is 0. The van der Waals surface area contributed by atoms with Crippen LogP contribution < -0.4 is 20.1 Å². The molecular weight excluding hydrogens is 384 g/mol. The quantitative estimate of drug-likeness (QED) is 0.688. The molecule has 2 heterocycles. The number of carbonyl (C=O) groups is 1. The lowest BCUT2D eigenvalue weighted by atomic mass is 9.93. The topological polar surface area (TPSA) is 110 Å². The minimum atomic E-state index is -0.205. The lowest BCUT2D eigenvalue weighted by Gasteiger charge is -2.34. The van der Waals surface area contributed by atoms with Crippen molar-refractivity contribution in [3.05, 3.63) is 29.6 Å². The molecule has 1 amide bonds. The summed E-state index contributed by atoms with van der Waals surface area (Å²) in [6.45, 7) is 1.65. The fraction of sp³-hybridized carbons (Fsp3) is 0.619. The molecular formula is C21H31N6O3+.